The molecule has 0 radical (unpaired) electrons. The van der Waals surface area contributed by atoms with Crippen LogP contribution in [0.15, 0.2) is 18.2 Å². The molecule has 22 heavy (non-hydrogen) atoms. The minimum absolute atomic E-state index is 0.156. The summed E-state index contributed by atoms with van der Waals surface area (Å²) in [6.45, 7) is 4.83. The first-order valence-electron chi connectivity index (χ1n) is 8.31. The number of nitrogens with one attached hydrogen (secondary N) is 1. The maximum Gasteiger partial charge on any atom is 0.231 e. The first-order chi connectivity index (χ1) is 10.6. The Labute approximate surface area is 132 Å². The highest BCUT2D eigenvalue weighted by Gasteiger charge is 2.27. The van der Waals surface area contributed by atoms with Crippen molar-refractivity contribution in [3.8, 4) is 11.5 Å². The highest BCUT2D eigenvalue weighted by atomic mass is 16.7. The molecular weight excluding hydrogens is 278 g/mol. The van der Waals surface area contributed by atoms with Crippen molar-refractivity contribution in [2.24, 2.45) is 11.8 Å². The van der Waals surface area contributed by atoms with Gasteiger partial charge in [0.2, 0.25) is 12.7 Å². The normalized spacial score (nSPS) is 26.7. The van der Waals surface area contributed by atoms with Gasteiger partial charge in [0.25, 0.3) is 0 Å². The second-order valence-electron chi connectivity index (χ2n) is 6.63. The van der Waals surface area contributed by atoms with Gasteiger partial charge in [0, 0.05) is 12.5 Å². The van der Waals surface area contributed by atoms with E-state index in [9.17, 15) is 4.79 Å². The van der Waals surface area contributed by atoms with E-state index in [1.165, 1.54) is 12.8 Å². The van der Waals surface area contributed by atoms with Gasteiger partial charge < -0.3 is 14.8 Å². The SMILES string of the molecule is CC1CCCC(NC(=O)CCc2ccc3c(c2)OCO3)C1C. The monoisotopic (exact) mass is 303 g/mol. The Kier molecular flexibility index (Phi) is 4.55. The van der Waals surface area contributed by atoms with E-state index in [4.69, 9.17) is 9.47 Å². The lowest BCUT2D eigenvalue weighted by atomic mass is 9.78. The van der Waals surface area contributed by atoms with Crippen molar-refractivity contribution in [2.75, 3.05) is 6.79 Å². The van der Waals surface area contributed by atoms with Crippen LogP contribution in [0.25, 0.3) is 0 Å². The number of carbonyl (C=O) groups is 1. The van der Waals surface area contributed by atoms with Gasteiger partial charge >= 0.3 is 0 Å². The molecule has 0 bridgehead atoms. The van der Waals surface area contributed by atoms with Crippen LogP contribution in [0.4, 0.5) is 0 Å². The number of amides is 1. The molecule has 1 saturated carbocycles. The second kappa shape index (κ2) is 6.59. The standard InChI is InChI=1S/C18H25NO3/c1-12-4-3-5-15(13(12)2)19-18(20)9-7-14-6-8-16-17(10-14)22-11-21-16/h6,8,10,12-13,15H,3-5,7,9,11H2,1-2H3,(H,19,20). The van der Waals surface area contributed by atoms with Crippen molar-refractivity contribution in [2.45, 2.75) is 52.0 Å². The smallest absolute Gasteiger partial charge is 0.231 e. The summed E-state index contributed by atoms with van der Waals surface area (Å²) in [6, 6.07) is 6.24. The fourth-order valence-corrected chi connectivity index (χ4v) is 3.42. The predicted molar refractivity (Wildman–Crippen MR) is 85.0 cm³/mol. The summed E-state index contributed by atoms with van der Waals surface area (Å²) in [5.74, 6) is 3.01. The van der Waals surface area contributed by atoms with Gasteiger partial charge in [-0.1, -0.05) is 32.8 Å². The minimum atomic E-state index is 0.156. The molecule has 4 heteroatoms. The van der Waals surface area contributed by atoms with Gasteiger partial charge in [-0.15, -0.1) is 0 Å². The first-order valence-corrected chi connectivity index (χ1v) is 8.31. The Balaban J connectivity index is 1.50. The van der Waals surface area contributed by atoms with Crippen LogP contribution in [-0.2, 0) is 11.2 Å². The van der Waals surface area contributed by atoms with Crippen LogP contribution in [0.2, 0.25) is 0 Å². The molecule has 0 saturated heterocycles. The third-order valence-electron chi connectivity index (χ3n) is 5.13. The summed E-state index contributed by atoms with van der Waals surface area (Å²) < 4.78 is 10.7. The van der Waals surface area contributed by atoms with E-state index in [1.54, 1.807) is 0 Å². The molecule has 1 aliphatic carbocycles. The number of carbonyl (C=O) groups excluding carboxylic acids is 1. The van der Waals surface area contributed by atoms with Crippen LogP contribution >= 0.6 is 0 Å². The van der Waals surface area contributed by atoms with E-state index in [0.29, 0.717) is 24.3 Å². The van der Waals surface area contributed by atoms with Crippen molar-refractivity contribution in [1.29, 1.82) is 0 Å². The van der Waals surface area contributed by atoms with Crippen LogP contribution in [0, 0.1) is 11.8 Å². The first kappa shape index (κ1) is 15.2. The third kappa shape index (κ3) is 3.37. The number of fused-ring (bicyclic) bond motifs is 1. The Morgan fingerprint density at radius 1 is 1.23 bits per heavy atom. The highest BCUT2D eigenvalue weighted by Crippen LogP contribution is 2.33. The van der Waals surface area contributed by atoms with Crippen molar-refractivity contribution >= 4 is 5.91 Å². The van der Waals surface area contributed by atoms with Gasteiger partial charge in [0.1, 0.15) is 0 Å². The van der Waals surface area contributed by atoms with E-state index < -0.39 is 0 Å². The zero-order valence-corrected chi connectivity index (χ0v) is 13.4. The lowest BCUT2D eigenvalue weighted by Gasteiger charge is -2.34. The van der Waals surface area contributed by atoms with Gasteiger partial charge in [-0.2, -0.15) is 0 Å². The molecule has 1 N–H and O–H groups in total. The summed E-state index contributed by atoms with van der Waals surface area (Å²) in [6.07, 6.45) is 4.88. The highest BCUT2D eigenvalue weighted by molar-refractivity contribution is 5.76. The molecule has 3 rings (SSSR count). The summed E-state index contributed by atoms with van der Waals surface area (Å²) in [5.41, 5.74) is 1.12. The maximum absolute atomic E-state index is 12.2. The Morgan fingerprint density at radius 2 is 2.05 bits per heavy atom. The van der Waals surface area contributed by atoms with E-state index in [2.05, 4.69) is 19.2 Å². The number of ether oxygens (including phenoxy) is 2. The number of benzene rings is 1. The maximum atomic E-state index is 12.2. The molecular formula is C18H25NO3. The van der Waals surface area contributed by atoms with Gasteiger partial charge in [0.15, 0.2) is 11.5 Å². The molecule has 3 unspecified atom stereocenters. The molecule has 0 aromatic heterocycles. The van der Waals surface area contributed by atoms with Crippen LogP contribution in [0.5, 0.6) is 11.5 Å². The zero-order chi connectivity index (χ0) is 15.5. The zero-order valence-electron chi connectivity index (χ0n) is 13.4. The lowest BCUT2D eigenvalue weighted by molar-refractivity contribution is -0.122. The summed E-state index contributed by atoms with van der Waals surface area (Å²) in [5, 5.41) is 3.23. The van der Waals surface area contributed by atoms with Crippen molar-refractivity contribution in [3.05, 3.63) is 23.8 Å². The Morgan fingerprint density at radius 3 is 2.91 bits per heavy atom. The van der Waals surface area contributed by atoms with E-state index in [-0.39, 0.29) is 12.7 Å². The molecule has 1 aromatic carbocycles. The van der Waals surface area contributed by atoms with Crippen LogP contribution in [0.3, 0.4) is 0 Å². The van der Waals surface area contributed by atoms with Crippen molar-refractivity contribution in [3.63, 3.8) is 0 Å². The van der Waals surface area contributed by atoms with Crippen LogP contribution in [-0.4, -0.2) is 18.7 Å². The molecule has 1 aliphatic heterocycles. The molecule has 3 atom stereocenters. The molecule has 1 fully saturated rings. The third-order valence-corrected chi connectivity index (χ3v) is 5.13. The Hall–Kier alpha value is -1.71. The number of aryl methyl sites for hydroxylation is 1. The van der Waals surface area contributed by atoms with Crippen molar-refractivity contribution in [1.82, 2.24) is 5.32 Å². The van der Waals surface area contributed by atoms with Crippen LogP contribution in [0.1, 0.15) is 45.1 Å². The molecule has 4 nitrogen and oxygen atoms in total. The summed E-state index contributed by atoms with van der Waals surface area (Å²) >= 11 is 0. The molecule has 1 heterocycles. The minimum Gasteiger partial charge on any atom is -0.454 e. The fraction of sp³-hybridized carbons (Fsp3) is 0.611. The Bertz CT molecular complexity index is 543. The lowest BCUT2D eigenvalue weighted by Crippen LogP contribution is -2.43. The molecule has 1 aromatic rings. The number of rotatable bonds is 4. The quantitative estimate of drug-likeness (QED) is 0.928. The molecule has 0 spiro atoms. The summed E-state index contributed by atoms with van der Waals surface area (Å²) in [4.78, 5) is 12.2. The molecule has 2 aliphatic rings. The summed E-state index contributed by atoms with van der Waals surface area (Å²) in [7, 11) is 0. The fourth-order valence-electron chi connectivity index (χ4n) is 3.42. The predicted octanol–water partition coefficient (Wildman–Crippen LogP) is 3.29. The molecule has 120 valence electrons. The number of hydrogen-bond donors (Lipinski definition) is 1. The second-order valence-corrected chi connectivity index (χ2v) is 6.63. The van der Waals surface area contributed by atoms with Gasteiger partial charge in [-0.25, -0.2) is 0 Å². The van der Waals surface area contributed by atoms with E-state index in [1.807, 2.05) is 18.2 Å². The largest absolute Gasteiger partial charge is 0.454 e. The van der Waals surface area contributed by atoms with E-state index >= 15 is 0 Å². The van der Waals surface area contributed by atoms with Crippen LogP contribution < -0.4 is 14.8 Å². The van der Waals surface area contributed by atoms with Gasteiger partial charge in [-0.3, -0.25) is 4.79 Å². The average molecular weight is 303 g/mol. The van der Waals surface area contributed by atoms with E-state index in [0.717, 1.165) is 29.9 Å². The van der Waals surface area contributed by atoms with Gasteiger partial charge in [-0.05, 0) is 42.4 Å². The topological polar surface area (TPSA) is 47.6 Å². The van der Waals surface area contributed by atoms with Gasteiger partial charge in [0.05, 0.1) is 0 Å². The average Bonchev–Trinajstić information content (AvgIpc) is 2.97. The number of hydrogen-bond acceptors (Lipinski definition) is 3. The molecule has 1 amide bonds. The van der Waals surface area contributed by atoms with Crippen molar-refractivity contribution < 1.29 is 14.3 Å².